The number of aryl methyl sites for hydroxylation is 1. The van der Waals surface area contributed by atoms with E-state index in [1.165, 1.54) is 17.8 Å². The van der Waals surface area contributed by atoms with E-state index in [0.29, 0.717) is 17.0 Å². The summed E-state index contributed by atoms with van der Waals surface area (Å²) in [5.41, 5.74) is 2.05. The average molecular weight is 447 g/mol. The molecule has 1 N–H and O–H groups in total. The molecule has 0 unspecified atom stereocenters. The van der Waals surface area contributed by atoms with Crippen molar-refractivity contribution in [2.24, 2.45) is 5.41 Å². The molecule has 0 bridgehead atoms. The Kier molecular flexibility index (Phi) is 5.77. The summed E-state index contributed by atoms with van der Waals surface area (Å²) in [5, 5.41) is 4.08. The molecular weight excluding hydrogens is 421 g/mol. The standard InChI is InChI=1S/C23H25F3N4S/c1-14-10-16(18-13-28-20(31-18)15-4-7-22(2,3)8-5-15)12-17(11-14)29-21-27-9-6-19(30-21)23(24,25)26/h6,9-13,15H,4-5,7-8H2,1-3H3,(H,27,29,30). The minimum Gasteiger partial charge on any atom is -0.324 e. The molecule has 1 fully saturated rings. The zero-order chi connectivity index (χ0) is 22.2. The highest BCUT2D eigenvalue weighted by molar-refractivity contribution is 7.15. The van der Waals surface area contributed by atoms with E-state index < -0.39 is 11.9 Å². The molecular formula is C23H25F3N4S. The molecule has 8 heteroatoms. The van der Waals surface area contributed by atoms with Gasteiger partial charge >= 0.3 is 6.18 Å². The molecule has 0 aliphatic heterocycles. The van der Waals surface area contributed by atoms with Gasteiger partial charge < -0.3 is 5.32 Å². The van der Waals surface area contributed by atoms with Crippen molar-refractivity contribution >= 4 is 23.0 Å². The van der Waals surface area contributed by atoms with Crippen molar-refractivity contribution in [3.8, 4) is 10.4 Å². The van der Waals surface area contributed by atoms with Crippen LogP contribution in [0.3, 0.4) is 0 Å². The first-order valence-corrected chi connectivity index (χ1v) is 11.2. The van der Waals surface area contributed by atoms with Crippen LogP contribution in [0.25, 0.3) is 10.4 Å². The summed E-state index contributed by atoms with van der Waals surface area (Å²) in [6.45, 7) is 6.60. The average Bonchev–Trinajstić information content (AvgIpc) is 3.17. The van der Waals surface area contributed by atoms with E-state index in [1.807, 2.05) is 25.3 Å². The van der Waals surface area contributed by atoms with Crippen LogP contribution in [0.2, 0.25) is 0 Å². The number of nitrogens with zero attached hydrogens (tertiary/aromatic N) is 3. The Morgan fingerprint density at radius 1 is 1.10 bits per heavy atom. The van der Waals surface area contributed by atoms with Crippen LogP contribution in [0.4, 0.5) is 24.8 Å². The molecule has 31 heavy (non-hydrogen) atoms. The van der Waals surface area contributed by atoms with E-state index in [-0.39, 0.29) is 5.95 Å². The Morgan fingerprint density at radius 2 is 1.84 bits per heavy atom. The van der Waals surface area contributed by atoms with Gasteiger partial charge in [0.1, 0.15) is 5.69 Å². The summed E-state index contributed by atoms with van der Waals surface area (Å²) in [5.74, 6) is 0.425. The lowest BCUT2D eigenvalue weighted by atomic mass is 9.73. The molecule has 0 saturated heterocycles. The fourth-order valence-electron chi connectivity index (χ4n) is 3.96. The number of nitrogens with one attached hydrogen (secondary N) is 1. The molecule has 0 amide bonds. The minimum absolute atomic E-state index is 0.0822. The number of hydrogen-bond acceptors (Lipinski definition) is 5. The van der Waals surface area contributed by atoms with Gasteiger partial charge in [0.15, 0.2) is 0 Å². The van der Waals surface area contributed by atoms with Crippen molar-refractivity contribution in [3.63, 3.8) is 0 Å². The molecule has 4 rings (SSSR count). The molecule has 1 aliphatic rings. The second kappa shape index (κ2) is 8.22. The quantitative estimate of drug-likeness (QED) is 0.455. The smallest absolute Gasteiger partial charge is 0.324 e. The summed E-state index contributed by atoms with van der Waals surface area (Å²) in [7, 11) is 0. The van der Waals surface area contributed by atoms with Crippen LogP contribution < -0.4 is 5.32 Å². The van der Waals surface area contributed by atoms with E-state index >= 15 is 0 Å². The summed E-state index contributed by atoms with van der Waals surface area (Å²) >= 11 is 1.70. The Hall–Kier alpha value is -2.48. The molecule has 4 nitrogen and oxygen atoms in total. The van der Waals surface area contributed by atoms with Gasteiger partial charge in [0.2, 0.25) is 5.95 Å². The number of aromatic nitrogens is 3. The largest absolute Gasteiger partial charge is 0.433 e. The van der Waals surface area contributed by atoms with Crippen LogP contribution in [0, 0.1) is 12.3 Å². The Labute approximate surface area is 184 Å². The molecule has 0 spiro atoms. The zero-order valence-corrected chi connectivity index (χ0v) is 18.6. The van der Waals surface area contributed by atoms with Gasteiger partial charge in [0.25, 0.3) is 0 Å². The van der Waals surface area contributed by atoms with Gasteiger partial charge in [-0.15, -0.1) is 11.3 Å². The van der Waals surface area contributed by atoms with Gasteiger partial charge in [0.05, 0.1) is 9.88 Å². The first kappa shape index (κ1) is 21.7. The predicted octanol–water partition coefficient (Wildman–Crippen LogP) is 7.35. The number of rotatable bonds is 4. The molecule has 1 saturated carbocycles. The molecule has 3 aromatic rings. The first-order chi connectivity index (χ1) is 14.6. The van der Waals surface area contributed by atoms with Crippen LogP contribution in [0.5, 0.6) is 0 Å². The summed E-state index contributed by atoms with van der Waals surface area (Å²) in [4.78, 5) is 13.3. The van der Waals surface area contributed by atoms with Gasteiger partial charge in [0, 0.05) is 24.0 Å². The number of anilines is 2. The van der Waals surface area contributed by atoms with Crippen molar-refractivity contribution < 1.29 is 13.2 Å². The normalized spacial score (nSPS) is 17.0. The zero-order valence-electron chi connectivity index (χ0n) is 17.8. The van der Waals surface area contributed by atoms with Crippen molar-refractivity contribution in [1.82, 2.24) is 15.0 Å². The van der Waals surface area contributed by atoms with Crippen LogP contribution in [0.1, 0.15) is 61.7 Å². The van der Waals surface area contributed by atoms with E-state index in [9.17, 15) is 13.2 Å². The molecule has 1 aliphatic carbocycles. The van der Waals surface area contributed by atoms with Crippen molar-refractivity contribution in [1.29, 1.82) is 0 Å². The Bertz CT molecular complexity index is 1060. The maximum absolute atomic E-state index is 12.9. The first-order valence-electron chi connectivity index (χ1n) is 10.3. The lowest BCUT2D eigenvalue weighted by Gasteiger charge is -2.33. The Balaban J connectivity index is 1.55. The fourth-order valence-corrected chi connectivity index (χ4v) is 5.03. The molecule has 2 heterocycles. The second-order valence-corrected chi connectivity index (χ2v) is 10.0. The van der Waals surface area contributed by atoms with Gasteiger partial charge in [-0.3, -0.25) is 0 Å². The molecule has 0 atom stereocenters. The topological polar surface area (TPSA) is 50.7 Å². The van der Waals surface area contributed by atoms with E-state index in [2.05, 4.69) is 35.2 Å². The van der Waals surface area contributed by atoms with Crippen LogP contribution in [-0.4, -0.2) is 15.0 Å². The highest BCUT2D eigenvalue weighted by Crippen LogP contribution is 2.44. The number of hydrogen-bond donors (Lipinski definition) is 1. The lowest BCUT2D eigenvalue weighted by molar-refractivity contribution is -0.141. The molecule has 2 aromatic heterocycles. The third kappa shape index (κ3) is 5.23. The van der Waals surface area contributed by atoms with Gasteiger partial charge in [-0.05, 0) is 67.3 Å². The number of benzene rings is 1. The monoisotopic (exact) mass is 446 g/mol. The molecule has 1 aromatic carbocycles. The summed E-state index contributed by atoms with van der Waals surface area (Å²) in [6, 6.07) is 6.67. The van der Waals surface area contributed by atoms with E-state index in [1.54, 1.807) is 11.3 Å². The summed E-state index contributed by atoms with van der Waals surface area (Å²) in [6.07, 6.45) is 3.24. The number of thiazole rings is 1. The Morgan fingerprint density at radius 3 is 2.55 bits per heavy atom. The SMILES string of the molecule is Cc1cc(Nc2nccc(C(F)(F)F)n2)cc(-c2cnc(C3CCC(C)(C)CC3)s2)c1. The maximum Gasteiger partial charge on any atom is 0.433 e. The fraction of sp³-hybridized carbons (Fsp3) is 0.435. The van der Waals surface area contributed by atoms with Crippen molar-refractivity contribution in [2.45, 2.75) is 58.5 Å². The van der Waals surface area contributed by atoms with E-state index in [0.717, 1.165) is 41.1 Å². The summed E-state index contributed by atoms with van der Waals surface area (Å²) < 4.78 is 38.8. The number of alkyl halides is 3. The maximum atomic E-state index is 12.9. The third-order valence-electron chi connectivity index (χ3n) is 5.78. The molecule has 164 valence electrons. The van der Waals surface area contributed by atoms with Crippen LogP contribution >= 0.6 is 11.3 Å². The highest BCUT2D eigenvalue weighted by atomic mass is 32.1. The van der Waals surface area contributed by atoms with Gasteiger partial charge in [-0.2, -0.15) is 13.2 Å². The minimum atomic E-state index is -4.51. The number of halogens is 3. The van der Waals surface area contributed by atoms with Crippen molar-refractivity contribution in [2.75, 3.05) is 5.32 Å². The second-order valence-electron chi connectivity index (χ2n) is 8.98. The third-order valence-corrected chi connectivity index (χ3v) is 6.98. The van der Waals surface area contributed by atoms with Gasteiger partial charge in [-0.1, -0.05) is 19.9 Å². The van der Waals surface area contributed by atoms with Crippen LogP contribution in [0.15, 0.2) is 36.7 Å². The lowest BCUT2D eigenvalue weighted by Crippen LogP contribution is -2.20. The highest BCUT2D eigenvalue weighted by Gasteiger charge is 2.33. The molecule has 0 radical (unpaired) electrons. The predicted molar refractivity (Wildman–Crippen MR) is 118 cm³/mol. The van der Waals surface area contributed by atoms with Crippen molar-refractivity contribution in [3.05, 3.63) is 52.9 Å². The van der Waals surface area contributed by atoms with Crippen LogP contribution in [-0.2, 0) is 6.18 Å². The van der Waals surface area contributed by atoms with E-state index in [4.69, 9.17) is 4.98 Å². The van der Waals surface area contributed by atoms with Gasteiger partial charge in [-0.25, -0.2) is 15.0 Å².